The van der Waals surface area contributed by atoms with Crippen molar-refractivity contribution in [3.05, 3.63) is 84.2 Å². The lowest BCUT2D eigenvalue weighted by atomic mass is 9.93. The summed E-state index contributed by atoms with van der Waals surface area (Å²) < 4.78 is 2.18. The lowest BCUT2D eigenvalue weighted by molar-refractivity contribution is 1.28. The van der Waals surface area contributed by atoms with Crippen LogP contribution in [0.3, 0.4) is 0 Å². The number of aromatic nitrogens is 4. The molecule has 0 fully saturated rings. The summed E-state index contributed by atoms with van der Waals surface area (Å²) >= 11 is 0. The molecule has 0 radical (unpaired) electrons. The van der Waals surface area contributed by atoms with E-state index in [1.165, 1.54) is 22.3 Å². The molecule has 0 saturated carbocycles. The van der Waals surface area contributed by atoms with Gasteiger partial charge in [0, 0.05) is 23.2 Å². The Morgan fingerprint density at radius 3 is 2.34 bits per heavy atom. The Morgan fingerprint density at radius 2 is 1.48 bits per heavy atom. The molecule has 29 heavy (non-hydrogen) atoms. The molecule has 0 saturated heterocycles. The van der Waals surface area contributed by atoms with Gasteiger partial charge in [-0.3, -0.25) is 9.38 Å². The summed E-state index contributed by atoms with van der Waals surface area (Å²) in [5.74, 6) is 0. The van der Waals surface area contributed by atoms with Crippen molar-refractivity contribution in [1.29, 1.82) is 0 Å². The zero-order valence-electron chi connectivity index (χ0n) is 16.2. The Balaban J connectivity index is 1.85. The number of fused-ring (bicyclic) bond motifs is 8. The van der Waals surface area contributed by atoms with Crippen LogP contribution in [0.4, 0.5) is 0 Å². The minimum absolute atomic E-state index is 0.755. The molecule has 0 aliphatic heterocycles. The third-order valence-electron chi connectivity index (χ3n) is 5.75. The molecule has 4 heterocycles. The van der Waals surface area contributed by atoms with Crippen molar-refractivity contribution in [2.24, 2.45) is 0 Å². The van der Waals surface area contributed by atoms with Crippen molar-refractivity contribution in [1.82, 2.24) is 19.4 Å². The average molecular weight is 374 g/mol. The Morgan fingerprint density at radius 1 is 0.690 bits per heavy atom. The number of benzene rings is 2. The van der Waals surface area contributed by atoms with Crippen LogP contribution >= 0.6 is 0 Å². The summed E-state index contributed by atoms with van der Waals surface area (Å²) in [6, 6.07) is 21.1. The van der Waals surface area contributed by atoms with Gasteiger partial charge in [0.15, 0.2) is 5.65 Å². The largest absolute Gasteiger partial charge is 0.288 e. The van der Waals surface area contributed by atoms with E-state index >= 15 is 0 Å². The number of imidazole rings is 1. The quantitative estimate of drug-likeness (QED) is 0.338. The van der Waals surface area contributed by atoms with Crippen LogP contribution in [0.2, 0.25) is 0 Å². The molecule has 0 bridgehead atoms. The summed E-state index contributed by atoms with van der Waals surface area (Å²) in [5.41, 5.74) is 9.70. The predicted molar refractivity (Wildman–Crippen MR) is 118 cm³/mol. The highest BCUT2D eigenvalue weighted by Gasteiger charge is 2.17. The van der Waals surface area contributed by atoms with Crippen molar-refractivity contribution in [2.75, 3.05) is 0 Å². The van der Waals surface area contributed by atoms with Crippen molar-refractivity contribution in [2.45, 2.75) is 13.8 Å². The first kappa shape index (κ1) is 16.2. The first-order valence-corrected chi connectivity index (χ1v) is 9.72. The van der Waals surface area contributed by atoms with Crippen molar-refractivity contribution in [3.63, 3.8) is 0 Å². The van der Waals surface area contributed by atoms with Crippen molar-refractivity contribution < 1.29 is 0 Å². The van der Waals surface area contributed by atoms with E-state index in [9.17, 15) is 0 Å². The van der Waals surface area contributed by atoms with Crippen LogP contribution in [0.15, 0.2) is 73.1 Å². The monoisotopic (exact) mass is 374 g/mol. The fourth-order valence-electron chi connectivity index (χ4n) is 4.38. The van der Waals surface area contributed by atoms with E-state index in [1.807, 2.05) is 18.3 Å². The smallest absolute Gasteiger partial charge is 0.178 e. The maximum Gasteiger partial charge on any atom is 0.178 e. The molecular formula is C25H18N4. The van der Waals surface area contributed by atoms with Crippen LogP contribution in [-0.4, -0.2) is 19.4 Å². The molecule has 0 aliphatic rings. The van der Waals surface area contributed by atoms with E-state index in [0.717, 1.165) is 38.6 Å². The van der Waals surface area contributed by atoms with Gasteiger partial charge in [-0.25, -0.2) is 9.97 Å². The van der Waals surface area contributed by atoms with Crippen LogP contribution in [0.25, 0.3) is 49.7 Å². The zero-order chi connectivity index (χ0) is 19.5. The molecule has 0 N–H and O–H groups in total. The van der Waals surface area contributed by atoms with Gasteiger partial charge in [-0.2, -0.15) is 0 Å². The lowest BCUT2D eigenvalue weighted by Gasteiger charge is -2.14. The highest BCUT2D eigenvalue weighted by molar-refractivity contribution is 6.13. The number of hydrogen-bond acceptors (Lipinski definition) is 3. The molecule has 4 aromatic heterocycles. The fourth-order valence-corrected chi connectivity index (χ4v) is 4.38. The second-order valence-corrected chi connectivity index (χ2v) is 7.52. The molecule has 0 aliphatic carbocycles. The van der Waals surface area contributed by atoms with Crippen LogP contribution in [0.1, 0.15) is 11.1 Å². The Kier molecular flexibility index (Phi) is 3.27. The lowest BCUT2D eigenvalue weighted by Crippen LogP contribution is -1.95. The van der Waals surface area contributed by atoms with Gasteiger partial charge in [-0.15, -0.1) is 0 Å². The van der Waals surface area contributed by atoms with Crippen LogP contribution < -0.4 is 0 Å². The summed E-state index contributed by atoms with van der Waals surface area (Å²) in [6.45, 7) is 4.33. The van der Waals surface area contributed by atoms with E-state index < -0.39 is 0 Å². The average Bonchev–Trinajstić information content (AvgIpc) is 3.14. The standard InChI is InChI=1S/C25H18N4/c1-15-7-3-4-8-17(15)18-14-19-20(13-16(18)2)25-28-24-22(10-6-12-27-24)29(25)21-9-5-11-26-23(19)21/h3-14H,1-2H3. The molecular weight excluding hydrogens is 356 g/mol. The number of rotatable bonds is 1. The van der Waals surface area contributed by atoms with Crippen LogP contribution in [-0.2, 0) is 0 Å². The van der Waals surface area contributed by atoms with Gasteiger partial charge in [0.05, 0.1) is 16.6 Å². The molecule has 4 heteroatoms. The molecule has 0 atom stereocenters. The summed E-state index contributed by atoms with van der Waals surface area (Å²) in [4.78, 5) is 14.1. The van der Waals surface area contributed by atoms with Crippen molar-refractivity contribution in [3.8, 4) is 11.1 Å². The molecule has 138 valence electrons. The third kappa shape index (κ3) is 2.23. The Hall–Kier alpha value is -3.79. The second-order valence-electron chi connectivity index (χ2n) is 7.52. The molecule has 0 unspecified atom stereocenters. The Bertz CT molecular complexity index is 1580. The van der Waals surface area contributed by atoms with E-state index in [1.54, 1.807) is 6.20 Å². The minimum Gasteiger partial charge on any atom is -0.288 e. The second kappa shape index (κ2) is 5.85. The van der Waals surface area contributed by atoms with Gasteiger partial charge in [0.2, 0.25) is 0 Å². The van der Waals surface area contributed by atoms with Gasteiger partial charge in [0.25, 0.3) is 0 Å². The maximum atomic E-state index is 4.88. The normalized spacial score (nSPS) is 11.8. The molecule has 4 nitrogen and oxygen atoms in total. The zero-order valence-corrected chi connectivity index (χ0v) is 16.2. The third-order valence-corrected chi connectivity index (χ3v) is 5.75. The van der Waals surface area contributed by atoms with Gasteiger partial charge < -0.3 is 0 Å². The van der Waals surface area contributed by atoms with E-state index in [2.05, 4.69) is 71.8 Å². The van der Waals surface area contributed by atoms with E-state index in [0.29, 0.717) is 0 Å². The van der Waals surface area contributed by atoms with Gasteiger partial charge in [-0.1, -0.05) is 24.3 Å². The summed E-state index contributed by atoms with van der Waals surface area (Å²) in [7, 11) is 0. The highest BCUT2D eigenvalue weighted by Crippen LogP contribution is 2.36. The van der Waals surface area contributed by atoms with Crippen molar-refractivity contribution >= 4 is 38.6 Å². The van der Waals surface area contributed by atoms with Gasteiger partial charge >= 0.3 is 0 Å². The number of nitrogens with zero attached hydrogens (tertiary/aromatic N) is 4. The van der Waals surface area contributed by atoms with E-state index in [4.69, 9.17) is 9.97 Å². The number of pyridine rings is 3. The topological polar surface area (TPSA) is 43.1 Å². The van der Waals surface area contributed by atoms with Crippen LogP contribution in [0, 0.1) is 13.8 Å². The Labute approximate surface area is 167 Å². The highest BCUT2D eigenvalue weighted by atomic mass is 15.1. The van der Waals surface area contributed by atoms with E-state index in [-0.39, 0.29) is 0 Å². The number of hydrogen-bond donors (Lipinski definition) is 0. The van der Waals surface area contributed by atoms with Gasteiger partial charge in [0.1, 0.15) is 5.65 Å². The van der Waals surface area contributed by atoms with Gasteiger partial charge in [-0.05, 0) is 72.5 Å². The molecule has 0 amide bonds. The van der Waals surface area contributed by atoms with Crippen LogP contribution in [0.5, 0.6) is 0 Å². The molecule has 2 aromatic carbocycles. The molecule has 0 spiro atoms. The molecule has 6 rings (SSSR count). The first-order chi connectivity index (χ1) is 14.2. The SMILES string of the molecule is Cc1ccccc1-c1cc2c(cc1C)c1nc3ncccc3n1c1cccnc21. The number of aryl methyl sites for hydroxylation is 2. The minimum atomic E-state index is 0.755. The fraction of sp³-hybridized carbons (Fsp3) is 0.0800. The summed E-state index contributed by atoms with van der Waals surface area (Å²) in [5, 5.41) is 2.22. The maximum absolute atomic E-state index is 4.88. The summed E-state index contributed by atoms with van der Waals surface area (Å²) in [6.07, 6.45) is 3.65. The first-order valence-electron chi connectivity index (χ1n) is 9.72. The molecule has 6 aromatic rings. The predicted octanol–water partition coefficient (Wildman–Crippen LogP) is 5.87.